The maximum absolute atomic E-state index is 13.1. The third-order valence-corrected chi connectivity index (χ3v) is 5.50. The number of anilines is 1. The minimum atomic E-state index is -0.788. The predicted octanol–water partition coefficient (Wildman–Crippen LogP) is 3.69. The second-order valence-corrected chi connectivity index (χ2v) is 7.86. The fourth-order valence-electron chi connectivity index (χ4n) is 3.42. The third kappa shape index (κ3) is 4.54. The van der Waals surface area contributed by atoms with Gasteiger partial charge in [-0.25, -0.2) is 4.79 Å². The lowest BCUT2D eigenvalue weighted by Crippen LogP contribution is -2.48. The van der Waals surface area contributed by atoms with Gasteiger partial charge in [-0.15, -0.1) is 0 Å². The summed E-state index contributed by atoms with van der Waals surface area (Å²) in [5.74, 6) is 0.634. The number of hydrogen-bond acceptors (Lipinski definition) is 5. The minimum Gasteiger partial charge on any atom is -0.437 e. The molecule has 0 aromatic heterocycles. The monoisotopic (exact) mass is 446 g/mol. The quantitative estimate of drug-likeness (QED) is 0.571. The van der Waals surface area contributed by atoms with E-state index < -0.39 is 12.2 Å². The van der Waals surface area contributed by atoms with Gasteiger partial charge in [0, 0.05) is 16.7 Å². The van der Waals surface area contributed by atoms with Crippen LogP contribution in [0.1, 0.15) is 18.1 Å². The summed E-state index contributed by atoms with van der Waals surface area (Å²) in [5, 5.41) is 0. The number of benzene rings is 2. The van der Waals surface area contributed by atoms with Crippen LogP contribution in [0.25, 0.3) is 0 Å². The van der Waals surface area contributed by atoms with Crippen molar-refractivity contribution in [3.8, 4) is 5.75 Å². The largest absolute Gasteiger partial charge is 0.513 e. The van der Waals surface area contributed by atoms with Gasteiger partial charge in [-0.05, 0) is 48.1 Å². The molecule has 6 nitrogen and oxygen atoms in total. The van der Waals surface area contributed by atoms with Gasteiger partial charge >= 0.3 is 6.16 Å². The summed E-state index contributed by atoms with van der Waals surface area (Å²) in [7, 11) is 1.25. The van der Waals surface area contributed by atoms with Crippen LogP contribution in [0.2, 0.25) is 0 Å². The van der Waals surface area contributed by atoms with Crippen molar-refractivity contribution in [1.82, 2.24) is 0 Å². The Bertz CT molecular complexity index is 886. The Hall–Kier alpha value is -2.38. The van der Waals surface area contributed by atoms with Crippen molar-refractivity contribution in [3.63, 3.8) is 0 Å². The predicted molar refractivity (Wildman–Crippen MR) is 111 cm³/mol. The molecule has 0 saturated carbocycles. The highest BCUT2D eigenvalue weighted by atomic mass is 79.9. The van der Waals surface area contributed by atoms with E-state index in [0.29, 0.717) is 29.1 Å². The number of nitrogens with zero attached hydrogens (tertiary/aromatic N) is 1. The Labute approximate surface area is 172 Å². The molecule has 7 heteroatoms. The highest BCUT2D eigenvalue weighted by Crippen LogP contribution is 2.30. The van der Waals surface area contributed by atoms with Gasteiger partial charge in [0.2, 0.25) is 5.91 Å². The van der Waals surface area contributed by atoms with Crippen LogP contribution in [0.5, 0.6) is 5.75 Å². The first-order chi connectivity index (χ1) is 13.4. The summed E-state index contributed by atoms with van der Waals surface area (Å²) in [4.78, 5) is 26.1. The molecule has 0 radical (unpaired) electrons. The smallest absolute Gasteiger partial charge is 0.437 e. The zero-order chi connectivity index (χ0) is 20.3. The average Bonchev–Trinajstić information content (AvgIpc) is 2.68. The maximum Gasteiger partial charge on any atom is 0.513 e. The van der Waals surface area contributed by atoms with Gasteiger partial charge in [0.1, 0.15) is 5.75 Å². The van der Waals surface area contributed by atoms with Gasteiger partial charge in [0.05, 0.1) is 13.2 Å². The highest BCUT2D eigenvalue weighted by molar-refractivity contribution is 9.10. The standard InChI is InChI=1S/C21H23BrN2O4/c1-13-9-15-5-3-4-6-19(15)24(12-13)20(25)18(23)10-14-7-8-16(11-17(14)22)28-21(26)27-2/h3-8,11,13,18H,9-10,12,23H2,1-2H3. The SMILES string of the molecule is COC(=O)Oc1ccc(CC(N)C(=O)N2CC(C)Cc3ccccc32)c(Br)c1. The first-order valence-electron chi connectivity index (χ1n) is 9.08. The van der Waals surface area contributed by atoms with Gasteiger partial charge < -0.3 is 20.1 Å². The number of hydrogen-bond donors (Lipinski definition) is 1. The summed E-state index contributed by atoms with van der Waals surface area (Å²) < 4.78 is 10.2. The second-order valence-electron chi connectivity index (χ2n) is 7.01. The number of nitrogens with two attached hydrogens (primary N) is 1. The van der Waals surface area contributed by atoms with Gasteiger partial charge in [-0.2, -0.15) is 0 Å². The number of rotatable bonds is 4. The van der Waals surface area contributed by atoms with Crippen LogP contribution >= 0.6 is 15.9 Å². The second kappa shape index (κ2) is 8.75. The molecular formula is C21H23BrN2O4. The van der Waals surface area contributed by atoms with Crippen molar-refractivity contribution in [3.05, 3.63) is 58.1 Å². The molecule has 2 aromatic rings. The lowest BCUT2D eigenvalue weighted by atomic mass is 9.93. The first kappa shape index (κ1) is 20.4. The molecule has 0 spiro atoms. The summed E-state index contributed by atoms with van der Waals surface area (Å²) in [6.07, 6.45) is 0.539. The van der Waals surface area contributed by atoms with E-state index in [1.54, 1.807) is 23.1 Å². The lowest BCUT2D eigenvalue weighted by molar-refractivity contribution is -0.120. The number of fused-ring (bicyclic) bond motifs is 1. The Morgan fingerprint density at radius 1 is 1.29 bits per heavy atom. The zero-order valence-electron chi connectivity index (χ0n) is 15.9. The van der Waals surface area contributed by atoms with Crippen molar-refractivity contribution in [2.24, 2.45) is 11.7 Å². The molecule has 0 bridgehead atoms. The van der Waals surface area contributed by atoms with E-state index in [0.717, 1.165) is 17.7 Å². The number of ether oxygens (including phenoxy) is 2. The summed E-state index contributed by atoms with van der Waals surface area (Å²) in [5.41, 5.74) is 9.25. The molecule has 3 rings (SSSR count). The normalized spacial score (nSPS) is 16.9. The van der Waals surface area contributed by atoms with E-state index in [1.807, 2.05) is 18.2 Å². The molecular weight excluding hydrogens is 424 g/mol. The van der Waals surface area contributed by atoms with E-state index in [4.69, 9.17) is 10.5 Å². The van der Waals surface area contributed by atoms with Gasteiger partial charge in [-0.1, -0.05) is 47.1 Å². The third-order valence-electron chi connectivity index (χ3n) is 4.76. The molecule has 2 unspecified atom stereocenters. The zero-order valence-corrected chi connectivity index (χ0v) is 17.4. The van der Waals surface area contributed by atoms with E-state index in [1.165, 1.54) is 12.7 Å². The van der Waals surface area contributed by atoms with Crippen LogP contribution in [0.15, 0.2) is 46.9 Å². The fourth-order valence-corrected chi connectivity index (χ4v) is 3.94. The van der Waals surface area contributed by atoms with Crippen LogP contribution in [0.3, 0.4) is 0 Å². The van der Waals surface area contributed by atoms with Crippen LogP contribution in [-0.4, -0.2) is 31.8 Å². The van der Waals surface area contributed by atoms with Crippen molar-refractivity contribution in [2.75, 3.05) is 18.6 Å². The van der Waals surface area contributed by atoms with E-state index in [9.17, 15) is 9.59 Å². The van der Waals surface area contributed by atoms with E-state index in [-0.39, 0.29) is 5.91 Å². The Kier molecular flexibility index (Phi) is 6.36. The number of halogens is 1. The molecule has 1 amide bonds. The van der Waals surface area contributed by atoms with Crippen molar-refractivity contribution < 1.29 is 19.1 Å². The Morgan fingerprint density at radius 2 is 2.04 bits per heavy atom. The Balaban J connectivity index is 1.74. The molecule has 2 aromatic carbocycles. The topological polar surface area (TPSA) is 81.9 Å². The molecule has 0 aliphatic carbocycles. The van der Waals surface area contributed by atoms with Gasteiger partial charge in [0.25, 0.3) is 0 Å². The lowest BCUT2D eigenvalue weighted by Gasteiger charge is -2.34. The van der Waals surface area contributed by atoms with Crippen LogP contribution in [0, 0.1) is 5.92 Å². The van der Waals surface area contributed by atoms with Crippen LogP contribution in [0.4, 0.5) is 10.5 Å². The van der Waals surface area contributed by atoms with Crippen LogP contribution in [-0.2, 0) is 22.4 Å². The first-order valence-corrected chi connectivity index (χ1v) is 9.87. The molecule has 2 atom stereocenters. The number of carbonyl (C=O) groups is 2. The molecule has 0 fully saturated rings. The molecule has 2 N–H and O–H groups in total. The fraction of sp³-hybridized carbons (Fsp3) is 0.333. The Morgan fingerprint density at radius 3 is 2.75 bits per heavy atom. The molecule has 148 valence electrons. The summed E-state index contributed by atoms with van der Waals surface area (Å²) in [6, 6.07) is 12.4. The molecule has 1 aliphatic heterocycles. The molecule has 1 aliphatic rings. The van der Waals surface area contributed by atoms with Crippen molar-refractivity contribution >= 4 is 33.7 Å². The van der Waals surface area contributed by atoms with Crippen molar-refractivity contribution in [1.29, 1.82) is 0 Å². The highest BCUT2D eigenvalue weighted by Gasteiger charge is 2.29. The molecule has 0 saturated heterocycles. The summed E-state index contributed by atoms with van der Waals surface area (Å²) >= 11 is 3.46. The van der Waals surface area contributed by atoms with Crippen molar-refractivity contribution in [2.45, 2.75) is 25.8 Å². The van der Waals surface area contributed by atoms with E-state index >= 15 is 0 Å². The molecule has 28 heavy (non-hydrogen) atoms. The van der Waals surface area contributed by atoms with E-state index in [2.05, 4.69) is 33.7 Å². The van der Waals surface area contributed by atoms with Gasteiger partial charge in [-0.3, -0.25) is 4.79 Å². The maximum atomic E-state index is 13.1. The summed E-state index contributed by atoms with van der Waals surface area (Å²) in [6.45, 7) is 2.80. The molecule has 1 heterocycles. The average molecular weight is 447 g/mol. The number of amides is 1. The van der Waals surface area contributed by atoms with Gasteiger partial charge in [0.15, 0.2) is 0 Å². The number of carbonyl (C=O) groups excluding carboxylic acids is 2. The number of methoxy groups -OCH3 is 1. The minimum absolute atomic E-state index is 0.0965. The van der Waals surface area contributed by atoms with Crippen LogP contribution < -0.4 is 15.4 Å². The number of para-hydroxylation sites is 1.